The highest BCUT2D eigenvalue weighted by Gasteiger charge is 2.25. The van der Waals surface area contributed by atoms with Crippen molar-refractivity contribution in [2.45, 2.75) is 20.0 Å². The fraction of sp³-hybridized carbons (Fsp3) is 0.278. The van der Waals surface area contributed by atoms with Crippen molar-refractivity contribution in [2.75, 3.05) is 18.9 Å². The van der Waals surface area contributed by atoms with E-state index in [1.807, 2.05) is 19.1 Å². The van der Waals surface area contributed by atoms with Crippen LogP contribution in [0.25, 0.3) is 0 Å². The Kier molecular flexibility index (Phi) is 6.83. The van der Waals surface area contributed by atoms with Gasteiger partial charge < -0.3 is 15.0 Å². The number of hydrogen-bond acceptors (Lipinski definition) is 7. The Morgan fingerprint density at radius 1 is 1.21 bits per heavy atom. The van der Waals surface area contributed by atoms with Crippen LogP contribution in [0, 0.1) is 17.0 Å². The standard InChI is InChI=1S/C18H19N3O6S/c1-11-4-6-13(7-5-11)19-15(22)10-20(3)17(23)12(2)27-18(24)14-8-9-16(28-14)21(25)26/h4-9,12H,10H2,1-3H3,(H,19,22)/t12-/m1/s1. The number of carbonyl (C=O) groups excluding carboxylic acids is 3. The van der Waals surface area contributed by atoms with Crippen LogP contribution in [-0.4, -0.2) is 47.3 Å². The minimum atomic E-state index is -1.15. The van der Waals surface area contributed by atoms with Crippen molar-refractivity contribution in [2.24, 2.45) is 0 Å². The molecular formula is C18H19N3O6S. The lowest BCUT2D eigenvalue weighted by molar-refractivity contribution is -0.380. The van der Waals surface area contributed by atoms with Crippen molar-refractivity contribution in [1.29, 1.82) is 0 Å². The maximum absolute atomic E-state index is 12.3. The molecule has 0 bridgehead atoms. The first kappa shape index (κ1) is 21.0. The van der Waals surface area contributed by atoms with Gasteiger partial charge in [0.05, 0.1) is 11.5 Å². The largest absolute Gasteiger partial charge is 0.448 e. The van der Waals surface area contributed by atoms with Crippen LogP contribution in [0.2, 0.25) is 0 Å². The molecule has 2 amide bonds. The predicted molar refractivity (Wildman–Crippen MR) is 103 cm³/mol. The van der Waals surface area contributed by atoms with E-state index in [9.17, 15) is 24.5 Å². The monoisotopic (exact) mass is 405 g/mol. The first-order valence-corrected chi connectivity index (χ1v) is 9.05. The number of likely N-dealkylation sites (N-methyl/N-ethyl adjacent to an activating group) is 1. The molecule has 10 heteroatoms. The molecule has 2 rings (SSSR count). The first-order chi connectivity index (χ1) is 13.2. The maximum atomic E-state index is 12.3. The number of carbonyl (C=O) groups is 3. The average Bonchev–Trinajstić information content (AvgIpc) is 3.13. The van der Waals surface area contributed by atoms with Gasteiger partial charge in [-0.2, -0.15) is 0 Å². The molecule has 1 aromatic heterocycles. The zero-order valence-corrected chi connectivity index (χ0v) is 16.3. The molecule has 0 spiro atoms. The van der Waals surface area contributed by atoms with Crippen molar-refractivity contribution in [3.05, 3.63) is 57.0 Å². The minimum Gasteiger partial charge on any atom is -0.448 e. The Hall–Kier alpha value is -3.27. The summed E-state index contributed by atoms with van der Waals surface area (Å²) in [5, 5.41) is 13.1. The summed E-state index contributed by atoms with van der Waals surface area (Å²) in [7, 11) is 1.41. The van der Waals surface area contributed by atoms with E-state index in [0.717, 1.165) is 10.5 Å². The lowest BCUT2D eigenvalue weighted by Gasteiger charge is -2.21. The number of hydrogen-bond donors (Lipinski definition) is 1. The molecule has 0 fully saturated rings. The van der Waals surface area contributed by atoms with Gasteiger partial charge in [0.25, 0.3) is 5.91 Å². The Bertz CT molecular complexity index is 893. The second-order valence-corrected chi connectivity index (χ2v) is 7.11. The minimum absolute atomic E-state index is 0.0196. The Morgan fingerprint density at radius 3 is 2.43 bits per heavy atom. The fourth-order valence-corrected chi connectivity index (χ4v) is 2.95. The number of aryl methyl sites for hydroxylation is 1. The zero-order chi connectivity index (χ0) is 20.8. The molecule has 1 aromatic carbocycles. The molecule has 0 unspecified atom stereocenters. The van der Waals surface area contributed by atoms with Crippen LogP contribution in [0.5, 0.6) is 0 Å². The van der Waals surface area contributed by atoms with Gasteiger partial charge in [0.15, 0.2) is 6.10 Å². The van der Waals surface area contributed by atoms with Gasteiger partial charge in [-0.1, -0.05) is 29.0 Å². The van der Waals surface area contributed by atoms with Crippen LogP contribution < -0.4 is 5.32 Å². The van der Waals surface area contributed by atoms with E-state index in [1.165, 1.54) is 26.1 Å². The van der Waals surface area contributed by atoms with Crippen molar-refractivity contribution >= 4 is 39.8 Å². The third kappa shape index (κ3) is 5.61. The van der Waals surface area contributed by atoms with Crippen molar-refractivity contribution in [3.63, 3.8) is 0 Å². The van der Waals surface area contributed by atoms with Gasteiger partial charge in [-0.3, -0.25) is 19.7 Å². The summed E-state index contributed by atoms with van der Waals surface area (Å²) in [6, 6.07) is 9.65. The number of anilines is 1. The first-order valence-electron chi connectivity index (χ1n) is 8.24. The van der Waals surface area contributed by atoms with E-state index in [2.05, 4.69) is 5.32 Å². The molecule has 0 aliphatic carbocycles. The van der Waals surface area contributed by atoms with Gasteiger partial charge in [0, 0.05) is 18.8 Å². The lowest BCUT2D eigenvalue weighted by atomic mass is 10.2. The molecule has 2 aromatic rings. The normalized spacial score (nSPS) is 11.4. The molecule has 1 heterocycles. The summed E-state index contributed by atoms with van der Waals surface area (Å²) < 4.78 is 5.05. The second kappa shape index (κ2) is 9.09. The second-order valence-electron chi connectivity index (χ2n) is 6.05. The number of esters is 1. The fourth-order valence-electron chi connectivity index (χ4n) is 2.25. The molecule has 0 saturated carbocycles. The van der Waals surface area contributed by atoms with Crippen LogP contribution in [0.3, 0.4) is 0 Å². The van der Waals surface area contributed by atoms with Crippen molar-refractivity contribution in [1.82, 2.24) is 4.90 Å². The number of nitro groups is 1. The predicted octanol–water partition coefficient (Wildman–Crippen LogP) is 2.61. The van der Waals surface area contributed by atoms with Gasteiger partial charge in [-0.25, -0.2) is 4.79 Å². The van der Waals surface area contributed by atoms with Gasteiger partial charge in [-0.15, -0.1) is 0 Å². The zero-order valence-electron chi connectivity index (χ0n) is 15.5. The molecule has 0 aliphatic rings. The third-order valence-corrected chi connectivity index (χ3v) is 4.71. The number of ether oxygens (including phenoxy) is 1. The quantitative estimate of drug-likeness (QED) is 0.430. The molecule has 0 aliphatic heterocycles. The SMILES string of the molecule is Cc1ccc(NC(=O)CN(C)C(=O)[C@@H](C)OC(=O)c2ccc([N+](=O)[O-])s2)cc1. The van der Waals surface area contributed by atoms with E-state index in [4.69, 9.17) is 4.74 Å². The molecule has 0 radical (unpaired) electrons. The van der Waals surface area contributed by atoms with E-state index in [1.54, 1.807) is 12.1 Å². The highest BCUT2D eigenvalue weighted by molar-refractivity contribution is 7.17. The number of nitrogens with zero attached hydrogens (tertiary/aromatic N) is 2. The molecule has 9 nitrogen and oxygen atoms in total. The van der Waals surface area contributed by atoms with Crippen LogP contribution in [0.4, 0.5) is 10.7 Å². The lowest BCUT2D eigenvalue weighted by Crippen LogP contribution is -2.41. The van der Waals surface area contributed by atoms with Crippen LogP contribution >= 0.6 is 11.3 Å². The van der Waals surface area contributed by atoms with Crippen molar-refractivity contribution < 1.29 is 24.0 Å². The third-order valence-electron chi connectivity index (χ3n) is 3.70. The molecule has 1 N–H and O–H groups in total. The number of amides is 2. The summed E-state index contributed by atoms with van der Waals surface area (Å²) in [6.45, 7) is 3.07. The molecule has 148 valence electrons. The topological polar surface area (TPSA) is 119 Å². The number of benzene rings is 1. The maximum Gasteiger partial charge on any atom is 0.349 e. The molecule has 0 saturated heterocycles. The summed E-state index contributed by atoms with van der Waals surface area (Å²) in [4.78, 5) is 47.6. The molecule has 1 atom stereocenters. The highest BCUT2D eigenvalue weighted by Crippen LogP contribution is 2.24. The highest BCUT2D eigenvalue weighted by atomic mass is 32.1. The van der Waals surface area contributed by atoms with Gasteiger partial charge in [-0.05, 0) is 32.0 Å². The number of nitrogens with one attached hydrogen (secondary N) is 1. The Morgan fingerprint density at radius 2 is 1.86 bits per heavy atom. The summed E-state index contributed by atoms with van der Waals surface area (Å²) in [5.74, 6) is -1.80. The molecule has 28 heavy (non-hydrogen) atoms. The van der Waals surface area contributed by atoms with Crippen LogP contribution in [0.15, 0.2) is 36.4 Å². The number of rotatable bonds is 7. The summed E-state index contributed by atoms with van der Waals surface area (Å²) in [6.07, 6.45) is -1.15. The van der Waals surface area contributed by atoms with Gasteiger partial charge in [0.2, 0.25) is 5.91 Å². The molecular weight excluding hydrogens is 386 g/mol. The van der Waals surface area contributed by atoms with E-state index < -0.39 is 28.8 Å². The average molecular weight is 405 g/mol. The smallest absolute Gasteiger partial charge is 0.349 e. The van der Waals surface area contributed by atoms with Gasteiger partial charge in [0.1, 0.15) is 4.88 Å². The number of thiophene rings is 1. The Balaban J connectivity index is 1.88. The van der Waals surface area contributed by atoms with Crippen LogP contribution in [0.1, 0.15) is 22.2 Å². The van der Waals surface area contributed by atoms with Crippen molar-refractivity contribution in [3.8, 4) is 0 Å². The van der Waals surface area contributed by atoms with E-state index >= 15 is 0 Å². The summed E-state index contributed by atoms with van der Waals surface area (Å²) in [5.41, 5.74) is 1.66. The summed E-state index contributed by atoms with van der Waals surface area (Å²) >= 11 is 0.661. The Labute approximate surface area is 165 Å². The van der Waals surface area contributed by atoms with Crippen LogP contribution in [-0.2, 0) is 14.3 Å². The van der Waals surface area contributed by atoms with E-state index in [-0.39, 0.29) is 16.4 Å². The van der Waals surface area contributed by atoms with Gasteiger partial charge >= 0.3 is 11.0 Å². The van der Waals surface area contributed by atoms with E-state index in [0.29, 0.717) is 17.0 Å².